The molecular formula is C23H20Cl2N4O4. The monoisotopic (exact) mass is 486 g/mol. The van der Waals surface area contributed by atoms with Gasteiger partial charge in [0, 0.05) is 35.9 Å². The topological polar surface area (TPSA) is 117 Å². The van der Waals surface area contributed by atoms with E-state index in [-0.39, 0.29) is 39.4 Å². The van der Waals surface area contributed by atoms with E-state index in [4.69, 9.17) is 28.9 Å². The van der Waals surface area contributed by atoms with E-state index in [0.29, 0.717) is 17.0 Å². The standard InChI is InChI=1S/C23H20Cl2N4O4/c1-13-7-19(32)22(25)18(12-31)29(13)16-8-21(27-10-15(16)24)28-6-4-5-14(17(28)11-30)23(2,3)9-20(26)33/h4-8,10,32H,9H2,1-3H3,(H2,26,33). The summed E-state index contributed by atoms with van der Waals surface area (Å²) in [5, 5.41) is 9.98. The predicted molar refractivity (Wildman–Crippen MR) is 127 cm³/mol. The van der Waals surface area contributed by atoms with Crippen molar-refractivity contribution in [2.24, 2.45) is 11.1 Å². The maximum Gasteiger partial charge on any atom is 0.218 e. The van der Waals surface area contributed by atoms with Crippen LogP contribution in [0.15, 0.2) is 70.1 Å². The highest BCUT2D eigenvalue weighted by Gasteiger charge is 2.33. The first-order valence-corrected chi connectivity index (χ1v) is 10.5. The van der Waals surface area contributed by atoms with Crippen LogP contribution in [-0.2, 0) is 14.4 Å². The Kier molecular flexibility index (Phi) is 6.68. The van der Waals surface area contributed by atoms with Gasteiger partial charge in [-0.3, -0.25) is 9.69 Å². The van der Waals surface area contributed by atoms with Gasteiger partial charge < -0.3 is 15.7 Å². The Morgan fingerprint density at radius 1 is 1.24 bits per heavy atom. The average molecular weight is 487 g/mol. The van der Waals surface area contributed by atoms with E-state index in [1.54, 1.807) is 51.1 Å². The van der Waals surface area contributed by atoms with Gasteiger partial charge in [0.15, 0.2) is 17.6 Å². The Morgan fingerprint density at radius 3 is 2.52 bits per heavy atom. The van der Waals surface area contributed by atoms with Gasteiger partial charge in [-0.2, -0.15) is 0 Å². The number of hydrogen-bond acceptors (Lipinski definition) is 7. The first-order valence-electron chi connectivity index (χ1n) is 9.72. The van der Waals surface area contributed by atoms with Gasteiger partial charge in [-0.1, -0.05) is 43.1 Å². The smallest absolute Gasteiger partial charge is 0.218 e. The van der Waals surface area contributed by atoms with Gasteiger partial charge in [0.1, 0.15) is 22.3 Å². The number of primary amides is 1. The van der Waals surface area contributed by atoms with Crippen LogP contribution in [0.25, 0.3) is 0 Å². The summed E-state index contributed by atoms with van der Waals surface area (Å²) in [5.41, 5.74) is 6.00. The number of aliphatic hydroxyl groups is 1. The molecule has 3 heterocycles. The number of rotatable bonds is 5. The van der Waals surface area contributed by atoms with E-state index in [1.165, 1.54) is 22.1 Å². The van der Waals surface area contributed by atoms with Gasteiger partial charge in [0.25, 0.3) is 0 Å². The number of hydrogen-bond donors (Lipinski definition) is 2. The van der Waals surface area contributed by atoms with Gasteiger partial charge in [-0.15, -0.1) is 0 Å². The number of pyridine rings is 1. The number of halogens is 2. The van der Waals surface area contributed by atoms with Crippen LogP contribution in [0.2, 0.25) is 5.02 Å². The SMILES string of the molecule is CC1=CC(O)=C(Cl)C(=C=O)N1c1cc(N2C=CC=C(C(C)(C)CC(N)=O)C2=C=O)ncc1Cl. The highest BCUT2D eigenvalue weighted by atomic mass is 35.5. The summed E-state index contributed by atoms with van der Waals surface area (Å²) < 4.78 is 0. The van der Waals surface area contributed by atoms with Crippen molar-refractivity contribution in [2.45, 2.75) is 27.2 Å². The minimum Gasteiger partial charge on any atom is -0.506 e. The number of aromatic nitrogens is 1. The molecule has 0 radical (unpaired) electrons. The second kappa shape index (κ2) is 9.14. The highest BCUT2D eigenvalue weighted by molar-refractivity contribution is 6.35. The molecule has 1 aromatic heterocycles. The molecule has 1 amide bonds. The third kappa shape index (κ3) is 4.51. The van der Waals surface area contributed by atoms with E-state index in [9.17, 15) is 19.5 Å². The van der Waals surface area contributed by atoms with Crippen molar-refractivity contribution in [2.75, 3.05) is 9.80 Å². The van der Waals surface area contributed by atoms with Crippen molar-refractivity contribution < 1.29 is 19.5 Å². The fraction of sp³-hybridized carbons (Fsp3) is 0.217. The largest absolute Gasteiger partial charge is 0.506 e. The van der Waals surface area contributed by atoms with Gasteiger partial charge in [-0.25, -0.2) is 14.6 Å². The van der Waals surface area contributed by atoms with Gasteiger partial charge in [0.05, 0.1) is 16.9 Å². The Morgan fingerprint density at radius 2 is 1.91 bits per heavy atom. The maximum atomic E-state index is 12.0. The summed E-state index contributed by atoms with van der Waals surface area (Å²) in [4.78, 5) is 42.4. The number of nitrogens with two attached hydrogens (primary N) is 1. The average Bonchev–Trinajstić information content (AvgIpc) is 2.75. The van der Waals surface area contributed by atoms with Gasteiger partial charge in [0.2, 0.25) is 5.91 Å². The molecule has 0 saturated heterocycles. The van der Waals surface area contributed by atoms with Gasteiger partial charge in [-0.05, 0) is 18.6 Å². The molecule has 33 heavy (non-hydrogen) atoms. The number of nitrogens with zero attached hydrogens (tertiary/aromatic N) is 3. The second-order valence-corrected chi connectivity index (χ2v) is 8.82. The number of carbonyl (C=O) groups excluding carboxylic acids is 3. The molecule has 3 rings (SSSR count). The second-order valence-electron chi connectivity index (χ2n) is 8.03. The molecule has 0 aliphatic carbocycles. The van der Waals surface area contributed by atoms with E-state index in [0.717, 1.165) is 0 Å². The number of carbonyl (C=O) groups is 1. The maximum absolute atomic E-state index is 12.0. The molecule has 2 aliphatic rings. The van der Waals surface area contributed by atoms with Crippen molar-refractivity contribution in [1.29, 1.82) is 0 Å². The third-order valence-electron chi connectivity index (χ3n) is 5.20. The molecule has 0 fully saturated rings. The summed E-state index contributed by atoms with van der Waals surface area (Å²) in [5.74, 6) is 3.17. The predicted octanol–water partition coefficient (Wildman–Crippen LogP) is 4.06. The molecule has 0 saturated carbocycles. The fourth-order valence-electron chi connectivity index (χ4n) is 3.72. The fourth-order valence-corrected chi connectivity index (χ4v) is 4.09. The van der Waals surface area contributed by atoms with Gasteiger partial charge >= 0.3 is 0 Å². The quantitative estimate of drug-likeness (QED) is 0.602. The van der Waals surface area contributed by atoms with Crippen molar-refractivity contribution >= 4 is 52.5 Å². The third-order valence-corrected chi connectivity index (χ3v) is 5.86. The van der Waals surface area contributed by atoms with Crippen molar-refractivity contribution in [1.82, 2.24) is 4.98 Å². The molecular weight excluding hydrogens is 467 g/mol. The summed E-state index contributed by atoms with van der Waals surface area (Å²) in [6, 6.07) is 1.55. The Hall–Kier alpha value is -3.54. The Balaban J connectivity index is 2.09. The van der Waals surface area contributed by atoms with E-state index in [1.807, 2.05) is 5.94 Å². The normalized spacial score (nSPS) is 16.4. The zero-order valence-corrected chi connectivity index (χ0v) is 19.5. The van der Waals surface area contributed by atoms with Crippen molar-refractivity contribution in [3.05, 3.63) is 75.2 Å². The zero-order valence-electron chi connectivity index (χ0n) is 18.0. The zero-order chi connectivity index (χ0) is 24.5. The Bertz CT molecular complexity index is 1260. The van der Waals surface area contributed by atoms with Crippen molar-refractivity contribution in [3.63, 3.8) is 0 Å². The molecule has 170 valence electrons. The van der Waals surface area contributed by atoms with Crippen LogP contribution in [0.3, 0.4) is 0 Å². The minimum atomic E-state index is -0.744. The number of amides is 1. The lowest BCUT2D eigenvalue weighted by Crippen LogP contribution is -2.31. The van der Waals surface area contributed by atoms with E-state index in [2.05, 4.69) is 4.98 Å². The Labute approximate surface area is 200 Å². The van der Waals surface area contributed by atoms with E-state index >= 15 is 0 Å². The van der Waals surface area contributed by atoms with Crippen LogP contribution >= 0.6 is 23.2 Å². The lowest BCUT2D eigenvalue weighted by Gasteiger charge is -2.34. The molecule has 0 atom stereocenters. The number of anilines is 2. The lowest BCUT2D eigenvalue weighted by atomic mass is 9.78. The molecule has 0 unspecified atom stereocenters. The number of allylic oxidation sites excluding steroid dienone is 6. The molecule has 3 N–H and O–H groups in total. The molecule has 1 aromatic rings. The first kappa shape index (κ1) is 24.1. The molecule has 2 aliphatic heterocycles. The summed E-state index contributed by atoms with van der Waals surface area (Å²) in [6.07, 6.45) is 7.79. The van der Waals surface area contributed by atoms with Crippen molar-refractivity contribution in [3.8, 4) is 0 Å². The summed E-state index contributed by atoms with van der Waals surface area (Å²) in [6.45, 7) is 5.24. The van der Waals surface area contributed by atoms with Crippen LogP contribution in [0.4, 0.5) is 11.5 Å². The molecule has 8 nitrogen and oxygen atoms in total. The number of aliphatic hydroxyl groups excluding tert-OH is 1. The molecule has 0 bridgehead atoms. The van der Waals surface area contributed by atoms with Crippen LogP contribution < -0.4 is 15.5 Å². The van der Waals surface area contributed by atoms with Crippen LogP contribution in [0, 0.1) is 5.41 Å². The molecule has 10 heteroatoms. The molecule has 0 aromatic carbocycles. The first-order chi connectivity index (χ1) is 15.5. The van der Waals surface area contributed by atoms with Crippen LogP contribution in [0.1, 0.15) is 27.2 Å². The highest BCUT2D eigenvalue weighted by Crippen LogP contribution is 2.42. The van der Waals surface area contributed by atoms with Crippen LogP contribution in [-0.4, -0.2) is 27.9 Å². The summed E-state index contributed by atoms with van der Waals surface area (Å²) in [7, 11) is 0. The van der Waals surface area contributed by atoms with E-state index < -0.39 is 11.3 Å². The summed E-state index contributed by atoms with van der Waals surface area (Å²) >= 11 is 12.5. The van der Waals surface area contributed by atoms with Crippen LogP contribution in [0.5, 0.6) is 0 Å². The molecule has 0 spiro atoms. The lowest BCUT2D eigenvalue weighted by molar-refractivity contribution is -0.119. The minimum absolute atomic E-state index is 0.0184.